The Kier molecular flexibility index (Phi) is 10.3. The summed E-state index contributed by atoms with van der Waals surface area (Å²) in [5, 5.41) is 12.6. The van der Waals surface area contributed by atoms with Crippen molar-refractivity contribution in [2.75, 3.05) is 6.54 Å². The van der Waals surface area contributed by atoms with Crippen LogP contribution in [0.4, 0.5) is 0 Å². The highest BCUT2D eigenvalue weighted by atomic mass is 35.5. The number of carboxylic acids is 1. The molecule has 2 aliphatic rings. The first kappa shape index (κ1) is 32.7. The molecule has 7 nitrogen and oxygen atoms in total. The molecule has 1 fully saturated rings. The molecule has 5 rings (SSSR count). The fourth-order valence-corrected chi connectivity index (χ4v) is 6.97. The Morgan fingerprint density at radius 3 is 2.22 bits per heavy atom. The topological polar surface area (TPSA) is 99.1 Å². The Labute approximate surface area is 274 Å². The summed E-state index contributed by atoms with van der Waals surface area (Å²) in [5.74, 6) is -0.933. The standard InChI is InChI=1S/C36H39Cl2N3O4/c1-23(2)9-14-31(24-10-12-25(13-11-24)34(44)39-18-15-32(42)43)41-35(45)33(40-36(41)16-4-3-5-17-36)27-8-6-7-26(19-27)28-20-29(37)22-30(38)21-28/h6-8,10-13,19-23,31H,3-5,9,14-18H2,1-2H3,(H,39,44)(H,42,43). The molecule has 1 spiro atoms. The number of amides is 2. The molecule has 0 saturated heterocycles. The maximum Gasteiger partial charge on any atom is 0.305 e. The lowest BCUT2D eigenvalue weighted by molar-refractivity contribution is -0.137. The minimum absolute atomic E-state index is 0.0589. The van der Waals surface area contributed by atoms with E-state index in [0.29, 0.717) is 27.2 Å². The van der Waals surface area contributed by atoms with Gasteiger partial charge >= 0.3 is 5.97 Å². The molecule has 0 bridgehead atoms. The van der Waals surface area contributed by atoms with Crippen LogP contribution in [0.5, 0.6) is 0 Å². The summed E-state index contributed by atoms with van der Waals surface area (Å²) in [6.07, 6.45) is 6.24. The lowest BCUT2D eigenvalue weighted by Crippen LogP contribution is -2.50. The van der Waals surface area contributed by atoms with Crippen molar-refractivity contribution in [2.24, 2.45) is 10.9 Å². The van der Waals surface area contributed by atoms with Crippen molar-refractivity contribution in [1.82, 2.24) is 10.2 Å². The first-order valence-electron chi connectivity index (χ1n) is 15.7. The van der Waals surface area contributed by atoms with Gasteiger partial charge in [-0.3, -0.25) is 19.4 Å². The third kappa shape index (κ3) is 7.59. The first-order chi connectivity index (χ1) is 21.6. The van der Waals surface area contributed by atoms with E-state index in [2.05, 4.69) is 19.2 Å². The van der Waals surface area contributed by atoms with E-state index in [1.54, 1.807) is 18.2 Å². The molecule has 1 aliphatic heterocycles. The van der Waals surface area contributed by atoms with Crippen LogP contribution in [-0.2, 0) is 9.59 Å². The highest BCUT2D eigenvalue weighted by Crippen LogP contribution is 2.46. The molecule has 0 radical (unpaired) electrons. The number of aliphatic carboxylic acids is 1. The van der Waals surface area contributed by atoms with Crippen molar-refractivity contribution in [1.29, 1.82) is 0 Å². The first-order valence-corrected chi connectivity index (χ1v) is 16.4. The maximum atomic E-state index is 14.6. The van der Waals surface area contributed by atoms with Crippen LogP contribution in [0.15, 0.2) is 71.7 Å². The van der Waals surface area contributed by atoms with Gasteiger partial charge in [-0.15, -0.1) is 0 Å². The van der Waals surface area contributed by atoms with Gasteiger partial charge in [-0.05, 0) is 97.5 Å². The predicted octanol–water partition coefficient (Wildman–Crippen LogP) is 8.33. The van der Waals surface area contributed by atoms with E-state index < -0.39 is 11.6 Å². The zero-order valence-electron chi connectivity index (χ0n) is 25.7. The summed E-state index contributed by atoms with van der Waals surface area (Å²) in [6, 6.07) is 20.4. The molecule has 2 N–H and O–H groups in total. The maximum absolute atomic E-state index is 14.6. The smallest absolute Gasteiger partial charge is 0.305 e. The van der Waals surface area contributed by atoms with E-state index in [1.165, 1.54) is 0 Å². The molecular weight excluding hydrogens is 609 g/mol. The van der Waals surface area contributed by atoms with Crippen molar-refractivity contribution < 1.29 is 19.5 Å². The minimum atomic E-state index is -0.965. The lowest BCUT2D eigenvalue weighted by atomic mass is 9.85. The van der Waals surface area contributed by atoms with Gasteiger partial charge in [-0.1, -0.05) is 73.8 Å². The molecule has 236 valence electrons. The zero-order valence-corrected chi connectivity index (χ0v) is 27.2. The Hall–Kier alpha value is -3.68. The fourth-order valence-electron chi connectivity index (χ4n) is 6.45. The van der Waals surface area contributed by atoms with Gasteiger partial charge in [0.25, 0.3) is 11.8 Å². The second-order valence-electron chi connectivity index (χ2n) is 12.4. The van der Waals surface area contributed by atoms with E-state index in [0.717, 1.165) is 67.2 Å². The number of rotatable bonds is 11. The molecule has 1 atom stereocenters. The Morgan fingerprint density at radius 1 is 0.911 bits per heavy atom. The van der Waals surface area contributed by atoms with Crippen molar-refractivity contribution in [2.45, 2.75) is 76.9 Å². The monoisotopic (exact) mass is 647 g/mol. The number of nitrogens with one attached hydrogen (secondary N) is 1. The minimum Gasteiger partial charge on any atom is -0.481 e. The van der Waals surface area contributed by atoms with Gasteiger partial charge in [-0.2, -0.15) is 0 Å². The molecular formula is C36H39Cl2N3O4. The molecule has 1 unspecified atom stereocenters. The molecule has 1 saturated carbocycles. The Bertz CT molecular complexity index is 1580. The number of nitrogens with zero attached hydrogens (tertiary/aromatic N) is 2. The van der Waals surface area contributed by atoms with E-state index in [4.69, 9.17) is 33.3 Å². The van der Waals surface area contributed by atoms with Gasteiger partial charge in [-0.25, -0.2) is 0 Å². The number of hydrogen-bond acceptors (Lipinski definition) is 4. The van der Waals surface area contributed by atoms with Crippen LogP contribution in [0.1, 0.15) is 92.7 Å². The van der Waals surface area contributed by atoms with Crippen molar-refractivity contribution >= 4 is 46.7 Å². The zero-order chi connectivity index (χ0) is 32.1. The van der Waals surface area contributed by atoms with Crippen molar-refractivity contribution in [3.63, 3.8) is 0 Å². The van der Waals surface area contributed by atoms with Gasteiger partial charge in [0.15, 0.2) is 0 Å². The molecule has 3 aromatic carbocycles. The molecule has 3 aromatic rings. The van der Waals surface area contributed by atoms with Crippen molar-refractivity contribution in [3.05, 3.63) is 93.5 Å². The summed E-state index contributed by atoms with van der Waals surface area (Å²) in [6.45, 7) is 4.42. The normalized spacial score (nSPS) is 16.6. The van der Waals surface area contributed by atoms with Crippen LogP contribution in [0, 0.1) is 5.92 Å². The summed E-state index contributed by atoms with van der Waals surface area (Å²) < 4.78 is 0. The quantitative estimate of drug-likeness (QED) is 0.218. The number of benzene rings is 3. The van der Waals surface area contributed by atoms with Crippen LogP contribution in [0.25, 0.3) is 11.1 Å². The predicted molar refractivity (Wildman–Crippen MR) is 179 cm³/mol. The molecule has 1 aliphatic carbocycles. The van der Waals surface area contributed by atoms with Crippen LogP contribution in [-0.4, -0.2) is 45.7 Å². The average Bonchev–Trinajstić information content (AvgIpc) is 3.28. The Balaban J connectivity index is 1.49. The van der Waals surface area contributed by atoms with E-state index >= 15 is 0 Å². The fraction of sp³-hybridized carbons (Fsp3) is 0.389. The summed E-state index contributed by atoms with van der Waals surface area (Å²) in [5.41, 5.74) is 3.77. The highest BCUT2D eigenvalue weighted by molar-refractivity contribution is 6.47. The third-order valence-corrected chi connectivity index (χ3v) is 9.12. The highest BCUT2D eigenvalue weighted by Gasteiger charge is 2.50. The molecule has 9 heteroatoms. The third-order valence-electron chi connectivity index (χ3n) is 8.69. The van der Waals surface area contributed by atoms with Crippen LogP contribution >= 0.6 is 23.2 Å². The summed E-state index contributed by atoms with van der Waals surface area (Å²) >= 11 is 12.6. The van der Waals surface area contributed by atoms with Crippen LogP contribution in [0.2, 0.25) is 10.0 Å². The number of carbonyl (C=O) groups is 3. The molecule has 1 heterocycles. The summed E-state index contributed by atoms with van der Waals surface area (Å²) in [7, 11) is 0. The SMILES string of the molecule is CC(C)CCC(c1ccc(C(=O)NCCC(=O)O)cc1)N1C(=O)C(c2cccc(-c3cc(Cl)cc(Cl)c3)c2)=NC12CCCCC2. The van der Waals surface area contributed by atoms with Gasteiger partial charge in [0.1, 0.15) is 11.4 Å². The van der Waals surface area contributed by atoms with E-state index in [-0.39, 0.29) is 30.8 Å². The van der Waals surface area contributed by atoms with Crippen LogP contribution < -0.4 is 5.32 Å². The number of halogens is 2. The second kappa shape index (κ2) is 14.2. The number of carbonyl (C=O) groups excluding carboxylic acids is 2. The lowest BCUT2D eigenvalue weighted by Gasteiger charge is -2.44. The number of hydrogen-bond donors (Lipinski definition) is 2. The largest absolute Gasteiger partial charge is 0.481 e. The number of aliphatic imine (C=N–C) groups is 1. The average molecular weight is 649 g/mol. The van der Waals surface area contributed by atoms with Gasteiger partial charge < -0.3 is 15.3 Å². The van der Waals surface area contributed by atoms with Gasteiger partial charge in [0, 0.05) is 27.7 Å². The van der Waals surface area contributed by atoms with E-state index in [1.807, 2.05) is 53.4 Å². The van der Waals surface area contributed by atoms with Gasteiger partial charge in [0.05, 0.1) is 12.5 Å². The Morgan fingerprint density at radius 2 is 1.58 bits per heavy atom. The number of carboxylic acid groups (broad SMARTS) is 1. The molecule has 45 heavy (non-hydrogen) atoms. The molecule has 0 aromatic heterocycles. The molecule has 2 amide bonds. The van der Waals surface area contributed by atoms with Crippen LogP contribution in [0.3, 0.4) is 0 Å². The van der Waals surface area contributed by atoms with Crippen molar-refractivity contribution in [3.8, 4) is 11.1 Å². The van der Waals surface area contributed by atoms with Gasteiger partial charge in [0.2, 0.25) is 0 Å². The summed E-state index contributed by atoms with van der Waals surface area (Å²) in [4.78, 5) is 45.4. The second-order valence-corrected chi connectivity index (χ2v) is 13.3. The van der Waals surface area contributed by atoms with E-state index in [9.17, 15) is 14.4 Å².